The number of aryl methyl sites for hydroxylation is 3. The fourth-order valence-corrected chi connectivity index (χ4v) is 3.75. The Bertz CT molecular complexity index is 771. The van der Waals surface area contributed by atoms with Crippen molar-refractivity contribution in [2.75, 3.05) is 6.54 Å². The number of amides is 1. The van der Waals surface area contributed by atoms with E-state index in [-0.39, 0.29) is 5.91 Å². The highest BCUT2D eigenvalue weighted by Crippen LogP contribution is 2.37. The largest absolute Gasteiger partial charge is 0.386 e. The van der Waals surface area contributed by atoms with Gasteiger partial charge in [0.05, 0.1) is 23.6 Å². The molecule has 0 aromatic carbocycles. The van der Waals surface area contributed by atoms with E-state index in [0.717, 1.165) is 37.2 Å². The summed E-state index contributed by atoms with van der Waals surface area (Å²) in [4.78, 5) is 14.7. The highest BCUT2D eigenvalue weighted by molar-refractivity contribution is 5.96. The molecule has 7 heteroatoms. The Balaban J connectivity index is 1.56. The molecule has 0 spiro atoms. The van der Waals surface area contributed by atoms with Crippen molar-refractivity contribution in [2.24, 2.45) is 5.92 Å². The van der Waals surface area contributed by atoms with E-state index in [1.54, 1.807) is 13.8 Å². The highest BCUT2D eigenvalue weighted by atomic mass is 16.5. The minimum Gasteiger partial charge on any atom is -0.386 e. The maximum Gasteiger partial charge on any atom is 0.259 e. The molecule has 3 heterocycles. The first kappa shape index (κ1) is 16.3. The molecule has 0 bridgehead atoms. The molecular weight excluding hydrogens is 320 g/mol. The molecule has 0 saturated heterocycles. The molecule has 2 aliphatic rings. The van der Waals surface area contributed by atoms with Crippen LogP contribution in [0.5, 0.6) is 0 Å². The zero-order valence-electron chi connectivity index (χ0n) is 14.7. The maximum atomic E-state index is 12.9. The van der Waals surface area contributed by atoms with E-state index >= 15 is 0 Å². The van der Waals surface area contributed by atoms with Crippen LogP contribution in [0.2, 0.25) is 0 Å². The van der Waals surface area contributed by atoms with E-state index in [4.69, 9.17) is 4.52 Å². The summed E-state index contributed by atoms with van der Waals surface area (Å²) in [6, 6.07) is 1.96. The third-order valence-electron chi connectivity index (χ3n) is 5.47. The average molecular weight is 344 g/mol. The predicted octanol–water partition coefficient (Wildman–Crippen LogP) is 2.37. The predicted molar refractivity (Wildman–Crippen MR) is 89.9 cm³/mol. The van der Waals surface area contributed by atoms with Crippen molar-refractivity contribution in [3.63, 3.8) is 0 Å². The molecule has 1 N–H and O–H groups in total. The van der Waals surface area contributed by atoms with Crippen LogP contribution in [-0.4, -0.2) is 37.4 Å². The van der Waals surface area contributed by atoms with Gasteiger partial charge in [-0.15, -0.1) is 0 Å². The minimum absolute atomic E-state index is 0.0491. The van der Waals surface area contributed by atoms with Crippen LogP contribution < -0.4 is 0 Å². The Morgan fingerprint density at radius 3 is 2.76 bits per heavy atom. The van der Waals surface area contributed by atoms with Gasteiger partial charge in [-0.1, -0.05) is 11.6 Å². The van der Waals surface area contributed by atoms with Crippen molar-refractivity contribution >= 4 is 5.91 Å². The maximum absolute atomic E-state index is 12.9. The van der Waals surface area contributed by atoms with Gasteiger partial charge < -0.3 is 14.5 Å². The lowest BCUT2D eigenvalue weighted by Gasteiger charge is -2.29. The first-order chi connectivity index (χ1) is 12.0. The lowest BCUT2D eigenvalue weighted by molar-refractivity contribution is 0.0580. The molecule has 0 unspecified atom stereocenters. The molecule has 1 aliphatic heterocycles. The summed E-state index contributed by atoms with van der Waals surface area (Å²) in [6.45, 7) is 5.49. The topological polar surface area (TPSA) is 84.4 Å². The van der Waals surface area contributed by atoms with Gasteiger partial charge in [0.1, 0.15) is 17.4 Å². The molecule has 1 atom stereocenters. The number of hydrogen-bond acceptors (Lipinski definition) is 5. The molecule has 1 aliphatic carbocycles. The summed E-state index contributed by atoms with van der Waals surface area (Å²) in [6.07, 6.45) is 3.68. The zero-order valence-corrected chi connectivity index (χ0v) is 14.7. The lowest BCUT2D eigenvalue weighted by atomic mass is 9.80. The van der Waals surface area contributed by atoms with E-state index < -0.39 is 6.10 Å². The molecule has 1 saturated carbocycles. The van der Waals surface area contributed by atoms with Crippen LogP contribution in [0.25, 0.3) is 0 Å². The first-order valence-corrected chi connectivity index (χ1v) is 9.01. The van der Waals surface area contributed by atoms with Gasteiger partial charge in [-0.2, -0.15) is 5.10 Å². The average Bonchev–Trinajstić information content (AvgIpc) is 3.01. The number of fused-ring (bicyclic) bond motifs is 1. The van der Waals surface area contributed by atoms with Crippen LogP contribution in [-0.2, 0) is 13.1 Å². The van der Waals surface area contributed by atoms with E-state index in [2.05, 4.69) is 10.3 Å². The molecule has 0 radical (unpaired) electrons. The number of hydrogen-bond donors (Lipinski definition) is 1. The highest BCUT2D eigenvalue weighted by Gasteiger charge is 2.31. The lowest BCUT2D eigenvalue weighted by Crippen LogP contribution is -2.31. The van der Waals surface area contributed by atoms with Crippen LogP contribution in [0, 0.1) is 19.8 Å². The van der Waals surface area contributed by atoms with E-state index in [9.17, 15) is 9.90 Å². The summed E-state index contributed by atoms with van der Waals surface area (Å²) in [5.74, 6) is 0.840. The molecule has 134 valence electrons. The monoisotopic (exact) mass is 344 g/mol. The van der Waals surface area contributed by atoms with Crippen LogP contribution in [0.15, 0.2) is 10.6 Å². The smallest absolute Gasteiger partial charge is 0.259 e. The third kappa shape index (κ3) is 2.86. The minimum atomic E-state index is -0.486. The van der Waals surface area contributed by atoms with Gasteiger partial charge in [-0.3, -0.25) is 9.48 Å². The van der Waals surface area contributed by atoms with E-state index in [1.807, 2.05) is 15.6 Å². The number of carbonyl (C=O) groups is 1. The molecule has 4 rings (SSSR count). The second-order valence-electron chi connectivity index (χ2n) is 7.20. The summed E-state index contributed by atoms with van der Waals surface area (Å²) in [5, 5.41) is 19.0. The summed E-state index contributed by atoms with van der Waals surface area (Å²) < 4.78 is 7.08. The van der Waals surface area contributed by atoms with Crippen LogP contribution in [0.3, 0.4) is 0 Å². The fraction of sp³-hybridized carbons (Fsp3) is 0.611. The number of aliphatic hydroxyl groups excluding tert-OH is 1. The van der Waals surface area contributed by atoms with Crippen molar-refractivity contribution in [3.8, 4) is 0 Å². The van der Waals surface area contributed by atoms with Gasteiger partial charge >= 0.3 is 0 Å². The normalized spacial score (nSPS) is 19.2. The molecular formula is C18H24N4O3. The van der Waals surface area contributed by atoms with Crippen LogP contribution in [0.1, 0.15) is 65.0 Å². The second kappa shape index (κ2) is 6.29. The first-order valence-electron chi connectivity index (χ1n) is 9.01. The van der Waals surface area contributed by atoms with E-state index in [1.165, 1.54) is 6.42 Å². The van der Waals surface area contributed by atoms with Crippen molar-refractivity contribution < 1.29 is 14.4 Å². The fourth-order valence-electron chi connectivity index (χ4n) is 3.75. The zero-order chi connectivity index (χ0) is 17.6. The van der Waals surface area contributed by atoms with Gasteiger partial charge in [-0.25, -0.2) is 0 Å². The third-order valence-corrected chi connectivity index (χ3v) is 5.47. The molecule has 25 heavy (non-hydrogen) atoms. The summed E-state index contributed by atoms with van der Waals surface area (Å²) in [5.41, 5.74) is 2.90. The van der Waals surface area contributed by atoms with Crippen LogP contribution in [0.4, 0.5) is 0 Å². The molecule has 1 amide bonds. The van der Waals surface area contributed by atoms with Gasteiger partial charge in [-0.05, 0) is 45.1 Å². The van der Waals surface area contributed by atoms with E-state index in [0.29, 0.717) is 36.0 Å². The summed E-state index contributed by atoms with van der Waals surface area (Å²) in [7, 11) is 0. The van der Waals surface area contributed by atoms with Crippen molar-refractivity contribution in [3.05, 3.63) is 34.5 Å². The Kier molecular flexibility index (Phi) is 4.11. The molecule has 2 aromatic rings. The number of rotatable bonds is 3. The van der Waals surface area contributed by atoms with Gasteiger partial charge in [0.15, 0.2) is 0 Å². The van der Waals surface area contributed by atoms with Crippen molar-refractivity contribution in [2.45, 2.75) is 58.7 Å². The standard InChI is InChI=1S/C18H24N4O3/c1-11-16(12(2)25-20-11)18(24)21-7-4-8-22-14(10-21)9-15(19-22)17(23)13-5-3-6-13/h9,13,17,23H,3-8,10H2,1-2H3/t17-/m1/s1. The Hall–Kier alpha value is -2.15. The Labute approximate surface area is 146 Å². The van der Waals surface area contributed by atoms with Crippen molar-refractivity contribution in [1.82, 2.24) is 19.8 Å². The quantitative estimate of drug-likeness (QED) is 0.924. The second-order valence-corrected chi connectivity index (χ2v) is 7.20. The Morgan fingerprint density at radius 1 is 1.32 bits per heavy atom. The Morgan fingerprint density at radius 2 is 2.12 bits per heavy atom. The SMILES string of the molecule is Cc1noc(C)c1C(=O)N1CCCn2nc([C@H](O)C3CCC3)cc2C1. The molecule has 2 aromatic heterocycles. The number of aliphatic hydroxyl groups is 1. The van der Waals surface area contributed by atoms with Gasteiger partial charge in [0.2, 0.25) is 0 Å². The number of carbonyl (C=O) groups excluding carboxylic acids is 1. The molecule has 1 fully saturated rings. The summed E-state index contributed by atoms with van der Waals surface area (Å²) >= 11 is 0. The number of aromatic nitrogens is 3. The molecule has 7 nitrogen and oxygen atoms in total. The van der Waals surface area contributed by atoms with Gasteiger partial charge in [0.25, 0.3) is 5.91 Å². The van der Waals surface area contributed by atoms with Crippen molar-refractivity contribution in [1.29, 1.82) is 0 Å². The number of nitrogens with zero attached hydrogens (tertiary/aromatic N) is 4. The van der Waals surface area contributed by atoms with Gasteiger partial charge in [0, 0.05) is 13.1 Å². The van der Waals surface area contributed by atoms with Crippen LogP contribution >= 0.6 is 0 Å².